The molecule has 4 nitrogen and oxygen atoms in total. The minimum Gasteiger partial charge on any atom is -0.483 e. The number of benzene rings is 1. The zero-order valence-electron chi connectivity index (χ0n) is 12.5. The fraction of sp³-hybridized carbons (Fsp3) is 0.533. The maximum Gasteiger partial charge on any atom is 0.257 e. The highest BCUT2D eigenvalue weighted by Crippen LogP contribution is 2.26. The highest BCUT2D eigenvalue weighted by Gasteiger charge is 2.10. The fourth-order valence-corrected chi connectivity index (χ4v) is 2.07. The third kappa shape index (κ3) is 6.39. The van der Waals surface area contributed by atoms with Gasteiger partial charge in [0.05, 0.1) is 4.47 Å². The van der Waals surface area contributed by atoms with Gasteiger partial charge in [-0.05, 0) is 61.3 Å². The molecule has 5 heteroatoms. The van der Waals surface area contributed by atoms with Gasteiger partial charge < -0.3 is 15.4 Å². The molecule has 2 N–H and O–H groups in total. The summed E-state index contributed by atoms with van der Waals surface area (Å²) in [5, 5.41) is 6.12. The maximum atomic E-state index is 11.3. The normalized spacial score (nSPS) is 11.2. The van der Waals surface area contributed by atoms with Crippen LogP contribution in [-0.4, -0.2) is 24.6 Å². The van der Waals surface area contributed by atoms with Crippen LogP contribution in [0.4, 0.5) is 0 Å². The minimum absolute atomic E-state index is 0.0338. The molecule has 0 heterocycles. The van der Waals surface area contributed by atoms with E-state index in [0.29, 0.717) is 12.3 Å². The number of nitrogens with one attached hydrogen (secondary N) is 2. The lowest BCUT2D eigenvalue weighted by atomic mass is 10.1. The van der Waals surface area contributed by atoms with Gasteiger partial charge >= 0.3 is 0 Å². The number of ether oxygens (including phenoxy) is 1. The van der Waals surface area contributed by atoms with Gasteiger partial charge in [0.25, 0.3) is 5.91 Å². The van der Waals surface area contributed by atoms with Gasteiger partial charge in [-0.15, -0.1) is 0 Å². The summed E-state index contributed by atoms with van der Waals surface area (Å²) in [5.74, 6) is 0.564. The van der Waals surface area contributed by atoms with Crippen LogP contribution in [0.5, 0.6) is 5.75 Å². The molecular formula is C15H23BrN2O2. The Hall–Kier alpha value is -1.07. The van der Waals surface area contributed by atoms with Crippen LogP contribution in [0.15, 0.2) is 22.7 Å². The molecule has 0 aliphatic carbocycles. The number of hydrogen-bond donors (Lipinski definition) is 2. The Morgan fingerprint density at radius 3 is 2.60 bits per heavy atom. The first-order chi connectivity index (χ1) is 9.31. The van der Waals surface area contributed by atoms with Crippen molar-refractivity contribution in [2.75, 3.05) is 13.2 Å². The number of halogens is 1. The number of carbonyl (C=O) groups is 1. The predicted octanol–water partition coefficient (Wildman–Crippen LogP) is 2.85. The third-order valence-electron chi connectivity index (χ3n) is 2.55. The van der Waals surface area contributed by atoms with Crippen LogP contribution in [0.2, 0.25) is 0 Å². The summed E-state index contributed by atoms with van der Waals surface area (Å²) in [7, 11) is 0. The van der Waals surface area contributed by atoms with Crippen LogP contribution in [0.3, 0.4) is 0 Å². The number of likely N-dealkylation sites (N-methyl/N-ethyl adjacent to an activating group) is 1. The van der Waals surface area contributed by atoms with E-state index in [2.05, 4.69) is 47.3 Å². The second-order valence-corrected chi connectivity index (χ2v) is 6.46. The molecule has 0 aliphatic heterocycles. The van der Waals surface area contributed by atoms with Gasteiger partial charge in [-0.3, -0.25) is 4.79 Å². The standard InChI is InChI=1S/C15H23BrN2O2/c1-5-17-14(19)10-20-13-7-6-11(8-12(13)16)9-18-15(2,3)4/h6-8,18H,5,9-10H2,1-4H3,(H,17,19). The smallest absolute Gasteiger partial charge is 0.257 e. The lowest BCUT2D eigenvalue weighted by molar-refractivity contribution is -0.122. The van der Waals surface area contributed by atoms with Gasteiger partial charge in [-0.2, -0.15) is 0 Å². The van der Waals surface area contributed by atoms with E-state index in [0.717, 1.165) is 16.6 Å². The summed E-state index contributed by atoms with van der Waals surface area (Å²) in [6, 6.07) is 5.88. The van der Waals surface area contributed by atoms with Crippen LogP contribution in [0.25, 0.3) is 0 Å². The quantitative estimate of drug-likeness (QED) is 0.835. The van der Waals surface area contributed by atoms with Gasteiger partial charge in [0.15, 0.2) is 6.61 Å². The van der Waals surface area contributed by atoms with Gasteiger partial charge in [-0.1, -0.05) is 6.07 Å². The molecule has 0 atom stereocenters. The van der Waals surface area contributed by atoms with Crippen LogP contribution < -0.4 is 15.4 Å². The Bertz CT molecular complexity index is 456. The molecular weight excluding hydrogens is 320 g/mol. The van der Waals surface area contributed by atoms with Crippen LogP contribution in [-0.2, 0) is 11.3 Å². The van der Waals surface area contributed by atoms with E-state index < -0.39 is 0 Å². The predicted molar refractivity (Wildman–Crippen MR) is 84.9 cm³/mol. The Morgan fingerprint density at radius 2 is 2.05 bits per heavy atom. The van der Waals surface area contributed by atoms with E-state index in [4.69, 9.17) is 4.74 Å². The third-order valence-corrected chi connectivity index (χ3v) is 3.17. The fourth-order valence-electron chi connectivity index (χ4n) is 1.53. The highest BCUT2D eigenvalue weighted by atomic mass is 79.9. The van der Waals surface area contributed by atoms with Crippen LogP contribution in [0, 0.1) is 0 Å². The summed E-state index contributed by atoms with van der Waals surface area (Å²) in [5.41, 5.74) is 1.25. The van der Waals surface area contributed by atoms with Crippen molar-refractivity contribution in [3.63, 3.8) is 0 Å². The van der Waals surface area contributed by atoms with Crippen molar-refractivity contribution in [2.24, 2.45) is 0 Å². The second-order valence-electron chi connectivity index (χ2n) is 5.61. The first-order valence-electron chi connectivity index (χ1n) is 6.75. The molecule has 0 aliphatic rings. The Labute approximate surface area is 129 Å². The van der Waals surface area contributed by atoms with Crippen molar-refractivity contribution < 1.29 is 9.53 Å². The van der Waals surface area contributed by atoms with Gasteiger partial charge in [0.2, 0.25) is 0 Å². The van der Waals surface area contributed by atoms with Gasteiger partial charge in [-0.25, -0.2) is 0 Å². The number of hydrogen-bond acceptors (Lipinski definition) is 3. The van der Waals surface area contributed by atoms with Crippen molar-refractivity contribution in [3.8, 4) is 5.75 Å². The molecule has 1 rings (SSSR count). The number of amides is 1. The molecule has 0 unspecified atom stereocenters. The zero-order chi connectivity index (χ0) is 15.2. The molecule has 0 radical (unpaired) electrons. The van der Waals surface area contributed by atoms with Crippen molar-refractivity contribution in [3.05, 3.63) is 28.2 Å². The van der Waals surface area contributed by atoms with E-state index >= 15 is 0 Å². The van der Waals surface area contributed by atoms with E-state index in [1.54, 1.807) is 0 Å². The average Bonchev–Trinajstić information content (AvgIpc) is 2.34. The van der Waals surface area contributed by atoms with E-state index in [9.17, 15) is 4.79 Å². The lowest BCUT2D eigenvalue weighted by Gasteiger charge is -2.20. The molecule has 0 fully saturated rings. The molecule has 0 saturated carbocycles. The summed E-state index contributed by atoms with van der Waals surface area (Å²) in [6.45, 7) is 9.71. The molecule has 112 valence electrons. The molecule has 0 aromatic heterocycles. The first-order valence-corrected chi connectivity index (χ1v) is 7.54. The maximum absolute atomic E-state index is 11.3. The average molecular weight is 343 g/mol. The van der Waals surface area contributed by atoms with E-state index in [1.165, 1.54) is 0 Å². The highest BCUT2D eigenvalue weighted by molar-refractivity contribution is 9.10. The van der Waals surface area contributed by atoms with E-state index in [-0.39, 0.29) is 18.1 Å². The molecule has 20 heavy (non-hydrogen) atoms. The Balaban J connectivity index is 2.57. The van der Waals surface area contributed by atoms with Crippen LogP contribution in [0.1, 0.15) is 33.3 Å². The van der Waals surface area contributed by atoms with E-state index in [1.807, 2.05) is 25.1 Å². The van der Waals surface area contributed by atoms with Crippen molar-refractivity contribution >= 4 is 21.8 Å². The van der Waals surface area contributed by atoms with Crippen LogP contribution >= 0.6 is 15.9 Å². The van der Waals surface area contributed by atoms with Crippen molar-refractivity contribution in [1.82, 2.24) is 10.6 Å². The largest absolute Gasteiger partial charge is 0.483 e. The number of carbonyl (C=O) groups excluding carboxylic acids is 1. The SMILES string of the molecule is CCNC(=O)COc1ccc(CNC(C)(C)C)cc1Br. The summed E-state index contributed by atoms with van der Waals surface area (Å²) in [6.07, 6.45) is 0. The Morgan fingerprint density at radius 1 is 1.35 bits per heavy atom. The summed E-state index contributed by atoms with van der Waals surface area (Å²) < 4.78 is 6.33. The van der Waals surface area contributed by atoms with Gasteiger partial charge in [0.1, 0.15) is 5.75 Å². The number of rotatable bonds is 6. The first kappa shape index (κ1) is 17.0. The summed E-state index contributed by atoms with van der Waals surface area (Å²) in [4.78, 5) is 11.3. The molecule has 0 spiro atoms. The molecule has 0 bridgehead atoms. The molecule has 0 saturated heterocycles. The monoisotopic (exact) mass is 342 g/mol. The molecule has 1 aromatic rings. The molecule has 1 aromatic carbocycles. The lowest BCUT2D eigenvalue weighted by Crippen LogP contribution is -2.35. The van der Waals surface area contributed by atoms with Crippen molar-refractivity contribution in [2.45, 2.75) is 39.8 Å². The Kier molecular flexibility index (Phi) is 6.49. The zero-order valence-corrected chi connectivity index (χ0v) is 14.1. The topological polar surface area (TPSA) is 50.4 Å². The summed E-state index contributed by atoms with van der Waals surface area (Å²) >= 11 is 3.47. The van der Waals surface area contributed by atoms with Gasteiger partial charge in [0, 0.05) is 18.6 Å². The minimum atomic E-state index is -0.113. The second kappa shape index (κ2) is 7.64. The molecule has 1 amide bonds. The van der Waals surface area contributed by atoms with Crippen molar-refractivity contribution in [1.29, 1.82) is 0 Å².